The van der Waals surface area contributed by atoms with Crippen LogP contribution in [-0.4, -0.2) is 58.8 Å². The van der Waals surface area contributed by atoms with E-state index in [1.165, 1.54) is 0 Å². The van der Waals surface area contributed by atoms with Crippen molar-refractivity contribution in [3.8, 4) is 17.1 Å². The van der Waals surface area contributed by atoms with Gasteiger partial charge < -0.3 is 19.9 Å². The summed E-state index contributed by atoms with van der Waals surface area (Å²) < 4.78 is 5.50. The van der Waals surface area contributed by atoms with Gasteiger partial charge in [-0.05, 0) is 76.7 Å². The molecule has 1 spiro atoms. The number of pyridine rings is 1. The van der Waals surface area contributed by atoms with E-state index in [2.05, 4.69) is 32.2 Å². The standard InChI is InChI=1S/C29H43N5O3/c1-5-21(35)10-8-6-7-9-11-24(33-27(36)23-18-29(23)14-16-34(3)17-15-29)26-30-19-25(32-26)22-13-12-20(2)31-28(22)37-4/h12-13,19,23-24H,5-11,14-18H2,1-4H3,(H,30,32)(H,33,36)/t23-,24+/m1/s1. The van der Waals surface area contributed by atoms with Crippen LogP contribution in [-0.2, 0) is 9.59 Å². The lowest BCUT2D eigenvalue weighted by molar-refractivity contribution is -0.124. The first-order valence-corrected chi connectivity index (χ1v) is 13.9. The van der Waals surface area contributed by atoms with Crippen LogP contribution in [0, 0.1) is 18.3 Å². The number of H-pyrrole nitrogens is 1. The Hall–Kier alpha value is -2.74. The lowest BCUT2D eigenvalue weighted by Crippen LogP contribution is -2.36. The van der Waals surface area contributed by atoms with Crippen LogP contribution < -0.4 is 10.1 Å². The first-order valence-electron chi connectivity index (χ1n) is 13.9. The Morgan fingerprint density at radius 3 is 2.70 bits per heavy atom. The average Bonchev–Trinajstić information content (AvgIpc) is 3.38. The van der Waals surface area contributed by atoms with E-state index in [1.54, 1.807) is 13.3 Å². The zero-order chi connectivity index (χ0) is 26.4. The van der Waals surface area contributed by atoms with Crippen LogP contribution in [0.1, 0.15) is 88.7 Å². The summed E-state index contributed by atoms with van der Waals surface area (Å²) in [6.45, 7) is 6.00. The van der Waals surface area contributed by atoms with Crippen molar-refractivity contribution in [3.63, 3.8) is 0 Å². The van der Waals surface area contributed by atoms with E-state index >= 15 is 0 Å². The molecule has 3 heterocycles. The summed E-state index contributed by atoms with van der Waals surface area (Å²) in [6, 6.07) is 3.76. The molecular weight excluding hydrogens is 466 g/mol. The maximum absolute atomic E-state index is 13.4. The van der Waals surface area contributed by atoms with Gasteiger partial charge in [-0.2, -0.15) is 0 Å². The Kier molecular flexibility index (Phi) is 9.00. The second-order valence-corrected chi connectivity index (χ2v) is 11.0. The number of amides is 1. The smallest absolute Gasteiger partial charge is 0.224 e. The molecule has 2 aliphatic rings. The molecule has 2 fully saturated rings. The number of likely N-dealkylation sites (tertiary alicyclic amines) is 1. The minimum Gasteiger partial charge on any atom is -0.480 e. The molecule has 8 nitrogen and oxygen atoms in total. The normalized spacial score (nSPS) is 19.5. The SMILES string of the molecule is CCC(=O)CCCCCC[C@H](NC(=O)[C@H]1CC12CCN(C)CC2)c1ncc(-c2ccc(C)nc2OC)[nH]1. The van der Waals surface area contributed by atoms with E-state index in [-0.39, 0.29) is 23.3 Å². The molecule has 1 aliphatic carbocycles. The molecule has 4 rings (SSSR count). The number of piperidine rings is 1. The number of nitrogens with one attached hydrogen (secondary N) is 2. The van der Waals surface area contributed by atoms with Gasteiger partial charge in [-0.3, -0.25) is 9.59 Å². The minimum atomic E-state index is -0.174. The minimum absolute atomic E-state index is 0.111. The van der Waals surface area contributed by atoms with E-state index in [0.717, 1.165) is 87.2 Å². The fourth-order valence-electron chi connectivity index (χ4n) is 5.63. The molecule has 0 unspecified atom stereocenters. The van der Waals surface area contributed by atoms with Gasteiger partial charge in [0.25, 0.3) is 0 Å². The Morgan fingerprint density at radius 2 is 1.97 bits per heavy atom. The fraction of sp³-hybridized carbons (Fsp3) is 0.655. The number of nitrogens with zero attached hydrogens (tertiary/aromatic N) is 3. The molecule has 8 heteroatoms. The number of aromatic amines is 1. The van der Waals surface area contributed by atoms with Crippen LogP contribution in [0.15, 0.2) is 18.3 Å². The molecule has 1 saturated heterocycles. The highest BCUT2D eigenvalue weighted by atomic mass is 16.5. The number of aromatic nitrogens is 3. The van der Waals surface area contributed by atoms with Crippen molar-refractivity contribution >= 4 is 11.7 Å². The number of hydrogen-bond donors (Lipinski definition) is 2. The average molecular weight is 510 g/mol. The molecule has 0 aromatic carbocycles. The van der Waals surface area contributed by atoms with Gasteiger partial charge in [-0.15, -0.1) is 0 Å². The number of unbranched alkanes of at least 4 members (excludes halogenated alkanes) is 3. The Bertz CT molecular complexity index is 1070. The third-order valence-corrected chi connectivity index (χ3v) is 8.31. The molecule has 1 aliphatic heterocycles. The molecule has 1 saturated carbocycles. The first kappa shape index (κ1) is 27.3. The molecule has 2 aromatic heterocycles. The molecule has 2 N–H and O–H groups in total. The van der Waals surface area contributed by atoms with E-state index in [9.17, 15) is 9.59 Å². The fourth-order valence-corrected chi connectivity index (χ4v) is 5.63. The Morgan fingerprint density at radius 1 is 1.22 bits per heavy atom. The van der Waals surface area contributed by atoms with E-state index < -0.39 is 0 Å². The van der Waals surface area contributed by atoms with Gasteiger partial charge in [0.1, 0.15) is 11.6 Å². The summed E-state index contributed by atoms with van der Waals surface area (Å²) in [5.41, 5.74) is 2.76. The number of carbonyl (C=O) groups excluding carboxylic acids is 2. The lowest BCUT2D eigenvalue weighted by atomic mass is 9.91. The zero-order valence-electron chi connectivity index (χ0n) is 22.9. The quantitative estimate of drug-likeness (QED) is 0.369. The molecule has 2 atom stereocenters. The van der Waals surface area contributed by atoms with Gasteiger partial charge in [0, 0.05) is 24.5 Å². The van der Waals surface area contributed by atoms with Gasteiger partial charge >= 0.3 is 0 Å². The van der Waals surface area contributed by atoms with Crippen LogP contribution >= 0.6 is 0 Å². The van der Waals surface area contributed by atoms with Crippen LogP contribution in [0.25, 0.3) is 11.3 Å². The van der Waals surface area contributed by atoms with E-state index in [0.29, 0.717) is 24.5 Å². The van der Waals surface area contributed by atoms with Crippen molar-refractivity contribution in [3.05, 3.63) is 29.8 Å². The Balaban J connectivity index is 1.42. The van der Waals surface area contributed by atoms with E-state index in [4.69, 9.17) is 4.74 Å². The highest BCUT2D eigenvalue weighted by Crippen LogP contribution is 2.59. The number of Topliss-reactive ketones (excluding diaryl/α,β-unsaturated/α-hetero) is 1. The highest BCUT2D eigenvalue weighted by molar-refractivity contribution is 5.83. The number of ether oxygens (including phenoxy) is 1. The number of ketones is 1. The van der Waals surface area contributed by atoms with Crippen molar-refractivity contribution in [2.24, 2.45) is 11.3 Å². The van der Waals surface area contributed by atoms with Crippen LogP contribution in [0.3, 0.4) is 0 Å². The maximum Gasteiger partial charge on any atom is 0.224 e. The van der Waals surface area contributed by atoms with E-state index in [1.807, 2.05) is 26.0 Å². The molecule has 2 aromatic rings. The molecule has 202 valence electrons. The largest absolute Gasteiger partial charge is 0.480 e. The first-order chi connectivity index (χ1) is 17.8. The van der Waals surface area contributed by atoms with Crippen molar-refractivity contribution in [2.75, 3.05) is 27.2 Å². The number of rotatable bonds is 13. The Labute approximate surface area is 221 Å². The van der Waals surface area contributed by atoms with Gasteiger partial charge in [0.05, 0.1) is 30.6 Å². The summed E-state index contributed by atoms with van der Waals surface area (Å²) in [6.07, 6.45) is 11.1. The van der Waals surface area contributed by atoms with Crippen molar-refractivity contribution in [1.29, 1.82) is 0 Å². The summed E-state index contributed by atoms with van der Waals surface area (Å²) in [4.78, 5) is 39.9. The lowest BCUT2D eigenvalue weighted by Gasteiger charge is -2.30. The zero-order valence-corrected chi connectivity index (χ0v) is 22.9. The number of aryl methyl sites for hydroxylation is 1. The third-order valence-electron chi connectivity index (χ3n) is 8.31. The predicted molar refractivity (Wildman–Crippen MR) is 144 cm³/mol. The number of imidazole rings is 1. The van der Waals surface area contributed by atoms with Crippen molar-refractivity contribution in [1.82, 2.24) is 25.2 Å². The molecule has 0 bridgehead atoms. The number of carbonyl (C=O) groups is 2. The molecular formula is C29H43N5O3. The molecule has 37 heavy (non-hydrogen) atoms. The van der Waals surface area contributed by atoms with Crippen LogP contribution in [0.2, 0.25) is 0 Å². The number of hydrogen-bond acceptors (Lipinski definition) is 6. The summed E-state index contributed by atoms with van der Waals surface area (Å²) in [7, 11) is 3.78. The summed E-state index contributed by atoms with van der Waals surface area (Å²) >= 11 is 0. The molecule has 0 radical (unpaired) electrons. The summed E-state index contributed by atoms with van der Waals surface area (Å²) in [5, 5.41) is 3.35. The van der Waals surface area contributed by atoms with Crippen LogP contribution in [0.4, 0.5) is 0 Å². The summed E-state index contributed by atoms with van der Waals surface area (Å²) in [5.74, 6) is 1.93. The van der Waals surface area contributed by atoms with Crippen molar-refractivity contribution in [2.45, 2.75) is 84.1 Å². The van der Waals surface area contributed by atoms with Gasteiger partial charge in [0.15, 0.2) is 0 Å². The number of methoxy groups -OCH3 is 1. The second kappa shape index (κ2) is 12.2. The molecule has 1 amide bonds. The monoisotopic (exact) mass is 509 g/mol. The van der Waals surface area contributed by atoms with Gasteiger partial charge in [-0.25, -0.2) is 9.97 Å². The third kappa shape index (κ3) is 6.78. The van der Waals surface area contributed by atoms with Gasteiger partial charge in [0.2, 0.25) is 11.8 Å². The maximum atomic E-state index is 13.4. The predicted octanol–water partition coefficient (Wildman–Crippen LogP) is 5.00. The highest BCUT2D eigenvalue weighted by Gasteiger charge is 2.58. The second-order valence-electron chi connectivity index (χ2n) is 11.0. The topological polar surface area (TPSA) is 100 Å². The van der Waals surface area contributed by atoms with Crippen LogP contribution in [0.5, 0.6) is 5.88 Å². The van der Waals surface area contributed by atoms with Gasteiger partial charge in [-0.1, -0.05) is 26.2 Å². The van der Waals surface area contributed by atoms with Crippen molar-refractivity contribution < 1.29 is 14.3 Å².